The standard InChI is InChI=1S/C15H21NO2SSi/c1-12-4-6-13(7-5-12)19(17,18)16-14-10-20(11-15(14)16)8-2-3-9-20/h4-7,14-15H,2-3,8-11H2,1H3. The molecule has 0 saturated carbocycles. The number of aryl methyl sites for hydroxylation is 1. The van der Waals surface area contributed by atoms with Crippen LogP contribution in [0.15, 0.2) is 29.2 Å². The minimum atomic E-state index is -3.23. The van der Waals surface area contributed by atoms with Crippen LogP contribution in [-0.4, -0.2) is 32.9 Å². The minimum absolute atomic E-state index is 0.353. The van der Waals surface area contributed by atoms with Crippen LogP contribution < -0.4 is 0 Å². The third-order valence-corrected chi connectivity index (χ3v) is 12.9. The van der Waals surface area contributed by atoms with Crippen LogP contribution in [0.25, 0.3) is 0 Å². The summed E-state index contributed by atoms with van der Waals surface area (Å²) in [6, 6.07) is 13.4. The third kappa shape index (κ3) is 1.83. The van der Waals surface area contributed by atoms with Crippen LogP contribution >= 0.6 is 0 Å². The lowest BCUT2D eigenvalue weighted by Crippen LogP contribution is -2.33. The molecule has 3 nitrogen and oxygen atoms in total. The molecule has 0 N–H and O–H groups in total. The van der Waals surface area contributed by atoms with Crippen molar-refractivity contribution in [2.75, 3.05) is 0 Å². The Morgan fingerprint density at radius 3 is 2.15 bits per heavy atom. The second kappa shape index (κ2) is 4.18. The van der Waals surface area contributed by atoms with Gasteiger partial charge in [0, 0.05) is 12.1 Å². The van der Waals surface area contributed by atoms with Gasteiger partial charge in [0.1, 0.15) is 0 Å². The average Bonchev–Trinajstić information content (AvgIpc) is 2.77. The highest BCUT2D eigenvalue weighted by atomic mass is 32.2. The summed E-state index contributed by atoms with van der Waals surface area (Å²) in [5, 5.41) is 0. The molecule has 20 heavy (non-hydrogen) atoms. The van der Waals surface area contributed by atoms with Crippen molar-refractivity contribution in [3.8, 4) is 0 Å². The third-order valence-electron chi connectivity index (χ3n) is 5.55. The summed E-state index contributed by atoms with van der Waals surface area (Å²) in [5.41, 5.74) is 1.10. The summed E-state index contributed by atoms with van der Waals surface area (Å²) in [6.07, 6.45) is 2.80. The molecule has 1 spiro atoms. The zero-order chi connectivity index (χ0) is 14.0. The lowest BCUT2D eigenvalue weighted by atomic mass is 10.2. The maximum Gasteiger partial charge on any atom is 0.243 e. The monoisotopic (exact) mass is 307 g/mol. The molecule has 1 aromatic rings. The van der Waals surface area contributed by atoms with E-state index in [1.165, 1.54) is 37.0 Å². The van der Waals surface area contributed by atoms with Gasteiger partial charge in [0.25, 0.3) is 0 Å². The van der Waals surface area contributed by atoms with Crippen molar-refractivity contribution in [3.05, 3.63) is 29.8 Å². The fraction of sp³-hybridized carbons (Fsp3) is 0.600. The Hall–Kier alpha value is -0.653. The van der Waals surface area contributed by atoms with E-state index in [2.05, 4.69) is 0 Å². The Labute approximate surface area is 122 Å². The Balaban J connectivity index is 1.55. The number of benzene rings is 1. The second-order valence-corrected chi connectivity index (χ2v) is 13.6. The number of rotatable bonds is 2. The molecule has 3 heterocycles. The van der Waals surface area contributed by atoms with E-state index in [9.17, 15) is 8.42 Å². The van der Waals surface area contributed by atoms with E-state index in [1.54, 1.807) is 16.4 Å². The molecule has 3 aliphatic rings. The maximum atomic E-state index is 12.7. The van der Waals surface area contributed by atoms with Crippen molar-refractivity contribution in [2.24, 2.45) is 0 Å². The Kier molecular flexibility index (Phi) is 2.72. The normalized spacial score (nSPS) is 34.4. The zero-order valence-electron chi connectivity index (χ0n) is 11.9. The molecule has 1 aromatic carbocycles. The van der Waals surface area contributed by atoms with Gasteiger partial charge in [-0.1, -0.05) is 42.6 Å². The van der Waals surface area contributed by atoms with Crippen molar-refractivity contribution in [3.63, 3.8) is 0 Å². The van der Waals surface area contributed by atoms with Crippen LogP contribution in [0.1, 0.15) is 18.4 Å². The van der Waals surface area contributed by atoms with E-state index in [4.69, 9.17) is 0 Å². The molecule has 3 aliphatic heterocycles. The summed E-state index contributed by atoms with van der Waals surface area (Å²) in [5.74, 6) is 0. The first kappa shape index (κ1) is 13.0. The molecule has 5 heteroatoms. The van der Waals surface area contributed by atoms with Gasteiger partial charge in [0.05, 0.1) is 13.0 Å². The Morgan fingerprint density at radius 2 is 1.60 bits per heavy atom. The SMILES string of the molecule is Cc1ccc(S(=O)(=O)N2C3C[Si]4(CCCC4)CC32)cc1. The number of sulfonamides is 1. The van der Waals surface area contributed by atoms with E-state index in [0.717, 1.165) is 5.56 Å². The van der Waals surface area contributed by atoms with Gasteiger partial charge in [-0.2, -0.15) is 4.31 Å². The van der Waals surface area contributed by atoms with Crippen molar-refractivity contribution in [1.82, 2.24) is 4.31 Å². The van der Waals surface area contributed by atoms with Gasteiger partial charge in [-0.25, -0.2) is 8.42 Å². The molecule has 3 fully saturated rings. The van der Waals surface area contributed by atoms with E-state index >= 15 is 0 Å². The lowest BCUT2D eigenvalue weighted by molar-refractivity contribution is 0.545. The highest BCUT2D eigenvalue weighted by molar-refractivity contribution is 7.89. The molecular weight excluding hydrogens is 286 g/mol. The second-order valence-electron chi connectivity index (χ2n) is 6.90. The summed E-state index contributed by atoms with van der Waals surface area (Å²) >= 11 is 0. The molecular formula is C15H21NO2SSi. The summed E-state index contributed by atoms with van der Waals surface area (Å²) in [7, 11) is -4.25. The highest BCUT2D eigenvalue weighted by Crippen LogP contribution is 2.56. The van der Waals surface area contributed by atoms with Gasteiger partial charge in [0.15, 0.2) is 0 Å². The van der Waals surface area contributed by atoms with Crippen molar-refractivity contribution < 1.29 is 8.42 Å². The minimum Gasteiger partial charge on any atom is -0.207 e. The molecule has 108 valence electrons. The molecule has 3 saturated heterocycles. The predicted octanol–water partition coefficient (Wildman–Crippen LogP) is 2.99. The first-order valence-electron chi connectivity index (χ1n) is 7.62. The quantitative estimate of drug-likeness (QED) is 0.622. The topological polar surface area (TPSA) is 37.1 Å². The summed E-state index contributed by atoms with van der Waals surface area (Å²) in [6.45, 7) is 1.98. The van der Waals surface area contributed by atoms with Crippen LogP contribution in [0.5, 0.6) is 0 Å². The van der Waals surface area contributed by atoms with Crippen LogP contribution in [0.4, 0.5) is 0 Å². The van der Waals surface area contributed by atoms with Gasteiger partial charge in [-0.15, -0.1) is 0 Å². The first-order chi connectivity index (χ1) is 9.52. The van der Waals surface area contributed by atoms with Gasteiger partial charge < -0.3 is 0 Å². The van der Waals surface area contributed by atoms with E-state index in [-0.39, 0.29) is 0 Å². The van der Waals surface area contributed by atoms with E-state index < -0.39 is 18.1 Å². The lowest BCUT2D eigenvalue weighted by Gasteiger charge is -2.24. The predicted molar refractivity (Wildman–Crippen MR) is 82.0 cm³/mol. The van der Waals surface area contributed by atoms with Gasteiger partial charge in [0.2, 0.25) is 10.0 Å². The Morgan fingerprint density at radius 1 is 1.05 bits per heavy atom. The van der Waals surface area contributed by atoms with Gasteiger partial charge >= 0.3 is 0 Å². The van der Waals surface area contributed by atoms with Crippen LogP contribution in [-0.2, 0) is 10.0 Å². The van der Waals surface area contributed by atoms with E-state index in [1.807, 2.05) is 19.1 Å². The van der Waals surface area contributed by atoms with Crippen LogP contribution in [0, 0.1) is 6.92 Å². The number of fused-ring (bicyclic) bond motifs is 1. The molecule has 2 unspecified atom stereocenters. The van der Waals surface area contributed by atoms with Gasteiger partial charge in [-0.05, 0) is 31.1 Å². The van der Waals surface area contributed by atoms with Crippen molar-refractivity contribution in [1.29, 1.82) is 0 Å². The smallest absolute Gasteiger partial charge is 0.207 e. The molecule has 4 rings (SSSR count). The molecule has 2 atom stereocenters. The first-order valence-corrected chi connectivity index (χ1v) is 11.9. The van der Waals surface area contributed by atoms with Crippen LogP contribution in [0.3, 0.4) is 0 Å². The number of nitrogens with zero attached hydrogens (tertiary/aromatic N) is 1. The highest BCUT2D eigenvalue weighted by Gasteiger charge is 2.65. The van der Waals surface area contributed by atoms with E-state index in [0.29, 0.717) is 17.0 Å². The largest absolute Gasteiger partial charge is 0.243 e. The molecule has 0 bridgehead atoms. The van der Waals surface area contributed by atoms with Crippen LogP contribution in [0.2, 0.25) is 24.2 Å². The maximum absolute atomic E-state index is 12.7. The fourth-order valence-electron chi connectivity index (χ4n) is 4.45. The van der Waals surface area contributed by atoms with Crippen molar-refractivity contribution >= 4 is 18.1 Å². The average molecular weight is 307 g/mol. The summed E-state index contributed by atoms with van der Waals surface area (Å²) in [4.78, 5) is 0.472. The molecule has 0 amide bonds. The number of hydrogen-bond donors (Lipinski definition) is 0. The fourth-order valence-corrected chi connectivity index (χ4v) is 12.5. The molecule has 0 aliphatic carbocycles. The van der Waals surface area contributed by atoms with Gasteiger partial charge in [-0.3, -0.25) is 0 Å². The van der Waals surface area contributed by atoms with Crippen molar-refractivity contribution in [2.45, 2.75) is 60.9 Å². The zero-order valence-corrected chi connectivity index (χ0v) is 13.7. The molecule has 0 aromatic heterocycles. The Bertz CT molecular complexity index is 620. The number of hydrogen-bond acceptors (Lipinski definition) is 2. The summed E-state index contributed by atoms with van der Waals surface area (Å²) < 4.78 is 27.1. The molecule has 0 radical (unpaired) electrons.